The van der Waals surface area contributed by atoms with E-state index in [9.17, 15) is 22.4 Å². The van der Waals surface area contributed by atoms with E-state index in [1.165, 1.54) is 25.4 Å². The predicted molar refractivity (Wildman–Crippen MR) is 88.3 cm³/mol. The smallest absolute Gasteiger partial charge is 0.322 e. The fraction of sp³-hybridized carbons (Fsp3) is 0.235. The minimum absolute atomic E-state index is 0.0193. The van der Waals surface area contributed by atoms with Crippen LogP contribution in [0, 0.1) is 5.82 Å². The van der Waals surface area contributed by atoms with Crippen molar-refractivity contribution in [2.24, 2.45) is 12.0 Å². The quantitative estimate of drug-likeness (QED) is 0.844. The fourth-order valence-corrected chi connectivity index (χ4v) is 2.58. The second kappa shape index (κ2) is 6.40. The van der Waals surface area contributed by atoms with Gasteiger partial charge in [-0.25, -0.2) is 4.39 Å². The third-order valence-electron chi connectivity index (χ3n) is 3.93. The number of nitrogens with zero attached hydrogens (tertiary/aromatic N) is 3. The van der Waals surface area contributed by atoms with Gasteiger partial charge in [0.2, 0.25) is 0 Å². The number of carbonyl (C=O) groups excluding carboxylic acids is 1. The molecule has 0 spiro atoms. The Bertz CT molecular complexity index is 941. The number of aliphatic imine (C=N–C) groups is 1. The van der Waals surface area contributed by atoms with Gasteiger partial charge in [0.15, 0.2) is 5.69 Å². The summed E-state index contributed by atoms with van der Waals surface area (Å²) in [6, 6.07) is 4.54. The monoisotopic (exact) mass is 366 g/mol. The molecule has 1 aliphatic rings. The molecule has 0 saturated heterocycles. The van der Waals surface area contributed by atoms with Crippen LogP contribution in [-0.2, 0) is 18.0 Å². The van der Waals surface area contributed by atoms with Crippen LogP contribution in [0.15, 0.2) is 40.4 Å². The van der Waals surface area contributed by atoms with Crippen molar-refractivity contribution in [1.29, 1.82) is 0 Å². The number of halogens is 4. The van der Waals surface area contributed by atoms with E-state index in [0.29, 0.717) is 12.1 Å². The highest BCUT2D eigenvalue weighted by atomic mass is 19.4. The Balaban J connectivity index is 1.87. The van der Waals surface area contributed by atoms with Crippen LogP contribution in [0.3, 0.4) is 0 Å². The molecule has 3 rings (SSSR count). The summed E-state index contributed by atoms with van der Waals surface area (Å²) in [5, 5.41) is 5.91. The summed E-state index contributed by atoms with van der Waals surface area (Å²) in [7, 11) is 1.30. The van der Waals surface area contributed by atoms with Crippen LogP contribution in [0.4, 0.5) is 23.2 Å². The first-order chi connectivity index (χ1) is 12.2. The summed E-state index contributed by atoms with van der Waals surface area (Å²) < 4.78 is 53.6. The van der Waals surface area contributed by atoms with E-state index >= 15 is 0 Å². The number of alkyl halides is 3. The Labute approximate surface area is 146 Å². The molecular weight excluding hydrogens is 352 g/mol. The molecule has 26 heavy (non-hydrogen) atoms. The SMILES string of the molecule is CC1=C(C(=O)Nc2ccc(-c3cc(C(F)(F)F)nn3C)c(F)c2)C=NC1. The third kappa shape index (κ3) is 3.37. The molecule has 1 amide bonds. The molecule has 5 nitrogen and oxygen atoms in total. The van der Waals surface area contributed by atoms with Crippen molar-refractivity contribution in [3.63, 3.8) is 0 Å². The number of amides is 1. The van der Waals surface area contributed by atoms with Gasteiger partial charge in [-0.2, -0.15) is 18.3 Å². The van der Waals surface area contributed by atoms with Crippen molar-refractivity contribution in [3.05, 3.63) is 46.9 Å². The number of anilines is 1. The zero-order valence-corrected chi connectivity index (χ0v) is 13.9. The summed E-state index contributed by atoms with van der Waals surface area (Å²) in [4.78, 5) is 16.1. The highest BCUT2D eigenvalue weighted by molar-refractivity contribution is 6.19. The first kappa shape index (κ1) is 17.8. The van der Waals surface area contributed by atoms with Crippen molar-refractivity contribution in [2.45, 2.75) is 13.1 Å². The summed E-state index contributed by atoms with van der Waals surface area (Å²) in [6.07, 6.45) is -3.17. The van der Waals surface area contributed by atoms with Gasteiger partial charge in [-0.05, 0) is 36.8 Å². The summed E-state index contributed by atoms with van der Waals surface area (Å²) in [5.41, 5.74) is 0.232. The van der Waals surface area contributed by atoms with E-state index < -0.39 is 23.6 Å². The van der Waals surface area contributed by atoms with Crippen molar-refractivity contribution in [3.8, 4) is 11.3 Å². The van der Waals surface area contributed by atoms with Gasteiger partial charge in [0.1, 0.15) is 5.82 Å². The fourth-order valence-electron chi connectivity index (χ4n) is 2.58. The summed E-state index contributed by atoms with van der Waals surface area (Å²) >= 11 is 0. The molecule has 0 atom stereocenters. The Morgan fingerprint density at radius 3 is 2.54 bits per heavy atom. The third-order valence-corrected chi connectivity index (χ3v) is 3.93. The lowest BCUT2D eigenvalue weighted by Crippen LogP contribution is -2.15. The Morgan fingerprint density at radius 1 is 1.27 bits per heavy atom. The maximum absolute atomic E-state index is 14.4. The first-order valence-electron chi connectivity index (χ1n) is 7.59. The van der Waals surface area contributed by atoms with E-state index in [-0.39, 0.29) is 16.9 Å². The van der Waals surface area contributed by atoms with Gasteiger partial charge in [-0.1, -0.05) is 0 Å². The molecule has 0 radical (unpaired) electrons. The maximum atomic E-state index is 14.4. The minimum atomic E-state index is -4.62. The molecule has 0 unspecified atom stereocenters. The molecular formula is C17H14F4N4O. The number of rotatable bonds is 3. The van der Waals surface area contributed by atoms with Crippen molar-refractivity contribution in [2.75, 3.05) is 11.9 Å². The zero-order chi connectivity index (χ0) is 19.1. The second-order valence-corrected chi connectivity index (χ2v) is 5.85. The number of aryl methyl sites for hydroxylation is 1. The van der Waals surface area contributed by atoms with E-state index in [1.807, 2.05) is 0 Å². The van der Waals surface area contributed by atoms with Gasteiger partial charge >= 0.3 is 6.18 Å². The highest BCUT2D eigenvalue weighted by Gasteiger charge is 2.35. The maximum Gasteiger partial charge on any atom is 0.435 e. The van der Waals surface area contributed by atoms with Crippen molar-refractivity contribution in [1.82, 2.24) is 9.78 Å². The molecule has 0 fully saturated rings. The van der Waals surface area contributed by atoms with Crippen LogP contribution in [0.25, 0.3) is 11.3 Å². The van der Waals surface area contributed by atoms with Gasteiger partial charge in [0.05, 0.1) is 17.8 Å². The molecule has 0 aliphatic carbocycles. The topological polar surface area (TPSA) is 59.3 Å². The zero-order valence-electron chi connectivity index (χ0n) is 13.9. The van der Waals surface area contributed by atoms with Crippen LogP contribution in [-0.4, -0.2) is 28.4 Å². The molecule has 136 valence electrons. The van der Waals surface area contributed by atoms with Gasteiger partial charge in [0, 0.05) is 24.5 Å². The van der Waals surface area contributed by atoms with Crippen LogP contribution in [0.1, 0.15) is 12.6 Å². The van der Waals surface area contributed by atoms with Crippen molar-refractivity contribution < 1.29 is 22.4 Å². The Morgan fingerprint density at radius 2 is 2.00 bits per heavy atom. The van der Waals surface area contributed by atoms with E-state index in [0.717, 1.165) is 22.4 Å². The Kier molecular flexibility index (Phi) is 4.39. The first-order valence-corrected chi connectivity index (χ1v) is 7.59. The molecule has 1 N–H and O–H groups in total. The van der Waals surface area contributed by atoms with Crippen LogP contribution in [0.5, 0.6) is 0 Å². The van der Waals surface area contributed by atoms with E-state index in [2.05, 4.69) is 15.4 Å². The van der Waals surface area contributed by atoms with E-state index in [4.69, 9.17) is 0 Å². The van der Waals surface area contributed by atoms with Crippen molar-refractivity contribution >= 4 is 17.8 Å². The number of nitrogens with one attached hydrogen (secondary N) is 1. The van der Waals surface area contributed by atoms with Gasteiger partial charge in [-0.15, -0.1) is 0 Å². The van der Waals surface area contributed by atoms with Gasteiger partial charge < -0.3 is 5.32 Å². The molecule has 1 aromatic heterocycles. The molecule has 9 heteroatoms. The normalized spacial score (nSPS) is 14.2. The lowest BCUT2D eigenvalue weighted by atomic mass is 10.1. The Hall–Kier alpha value is -2.97. The lowest BCUT2D eigenvalue weighted by Gasteiger charge is -2.08. The number of aromatic nitrogens is 2. The van der Waals surface area contributed by atoms with Gasteiger partial charge in [0.25, 0.3) is 5.91 Å². The molecule has 0 saturated carbocycles. The average Bonchev–Trinajstić information content (AvgIpc) is 3.13. The number of benzene rings is 1. The minimum Gasteiger partial charge on any atom is -0.322 e. The molecule has 2 heterocycles. The molecule has 0 bridgehead atoms. The summed E-state index contributed by atoms with van der Waals surface area (Å²) in [6.45, 7) is 2.21. The largest absolute Gasteiger partial charge is 0.435 e. The lowest BCUT2D eigenvalue weighted by molar-refractivity contribution is -0.141. The van der Waals surface area contributed by atoms with E-state index in [1.54, 1.807) is 6.92 Å². The average molecular weight is 366 g/mol. The van der Waals surface area contributed by atoms with Gasteiger partial charge in [-0.3, -0.25) is 14.5 Å². The predicted octanol–water partition coefficient (Wildman–Crippen LogP) is 3.58. The molecule has 1 aliphatic heterocycles. The molecule has 1 aromatic carbocycles. The summed E-state index contributed by atoms with van der Waals surface area (Å²) in [5.74, 6) is -1.19. The number of hydrogen-bond donors (Lipinski definition) is 1. The van der Waals surface area contributed by atoms with Crippen LogP contribution >= 0.6 is 0 Å². The number of hydrogen-bond acceptors (Lipinski definition) is 3. The highest BCUT2D eigenvalue weighted by Crippen LogP contribution is 2.32. The number of carbonyl (C=O) groups is 1. The second-order valence-electron chi connectivity index (χ2n) is 5.85. The molecule has 2 aromatic rings. The van der Waals surface area contributed by atoms with Crippen LogP contribution in [0.2, 0.25) is 0 Å². The standard InChI is InChI=1S/C17H14F4N4O/c1-9-7-22-8-12(9)16(26)23-10-3-4-11(13(18)5-10)14-6-15(17(19,20)21)24-25(14)2/h3-6,8H,7H2,1-2H3,(H,23,26). The van der Waals surface area contributed by atoms with Crippen LogP contribution < -0.4 is 5.32 Å².